The zero-order chi connectivity index (χ0) is 14.6. The van der Waals surface area contributed by atoms with Gasteiger partial charge in [0, 0.05) is 19.1 Å². The summed E-state index contributed by atoms with van der Waals surface area (Å²) in [4.78, 5) is 13.9. The van der Waals surface area contributed by atoms with E-state index in [4.69, 9.17) is 9.84 Å². The topological polar surface area (TPSA) is 70.0 Å². The van der Waals surface area contributed by atoms with Crippen molar-refractivity contribution >= 4 is 5.97 Å². The Bertz CT molecular complexity index is 322. The van der Waals surface area contributed by atoms with Gasteiger partial charge >= 0.3 is 5.97 Å². The summed E-state index contributed by atoms with van der Waals surface area (Å²) in [7, 11) is 0. The van der Waals surface area contributed by atoms with Crippen molar-refractivity contribution in [2.75, 3.05) is 26.3 Å². The molecule has 116 valence electrons. The number of nitrogens with zero attached hydrogens (tertiary/aromatic N) is 1. The Morgan fingerprint density at radius 1 is 1.30 bits per heavy atom. The van der Waals surface area contributed by atoms with E-state index in [9.17, 15) is 9.90 Å². The maximum Gasteiger partial charge on any atom is 0.308 e. The molecule has 20 heavy (non-hydrogen) atoms. The van der Waals surface area contributed by atoms with Crippen molar-refractivity contribution in [3.05, 3.63) is 0 Å². The minimum atomic E-state index is -0.708. The smallest absolute Gasteiger partial charge is 0.308 e. The largest absolute Gasteiger partial charge is 0.466 e. The van der Waals surface area contributed by atoms with E-state index >= 15 is 0 Å². The Hall–Kier alpha value is -0.650. The van der Waals surface area contributed by atoms with Crippen LogP contribution in [-0.4, -0.2) is 59.0 Å². The predicted octanol–water partition coefficient (Wildman–Crippen LogP) is 0.927. The molecule has 0 heterocycles. The Labute approximate surface area is 120 Å². The van der Waals surface area contributed by atoms with Gasteiger partial charge in [-0.15, -0.1) is 0 Å². The normalized spacial score (nSPS) is 30.5. The standard InChI is InChI=1S/C15H27NO4/c1-2-20-14(18)12-5-7-15(19,8-6-12)11-16(9-10-17)13-3-4-13/h12-13,17,19H,2-11H2,1H3. The number of carbonyl (C=O) groups excluding carboxylic acids is 1. The summed E-state index contributed by atoms with van der Waals surface area (Å²) in [6.45, 7) is 3.63. The molecule has 0 aliphatic heterocycles. The molecule has 0 unspecified atom stereocenters. The fraction of sp³-hybridized carbons (Fsp3) is 0.933. The van der Waals surface area contributed by atoms with Gasteiger partial charge in [0.15, 0.2) is 0 Å². The molecule has 0 atom stereocenters. The van der Waals surface area contributed by atoms with Crippen LogP contribution in [0.1, 0.15) is 45.4 Å². The van der Waals surface area contributed by atoms with Gasteiger partial charge < -0.3 is 14.9 Å². The first-order valence-electron chi connectivity index (χ1n) is 7.82. The molecule has 2 rings (SSSR count). The molecule has 2 saturated carbocycles. The van der Waals surface area contributed by atoms with Crippen LogP contribution in [0.2, 0.25) is 0 Å². The quantitative estimate of drug-likeness (QED) is 0.681. The van der Waals surface area contributed by atoms with Gasteiger partial charge in [-0.3, -0.25) is 9.69 Å². The third kappa shape index (κ3) is 4.17. The molecule has 0 bridgehead atoms. The number of esters is 1. The lowest BCUT2D eigenvalue weighted by Gasteiger charge is -2.39. The van der Waals surface area contributed by atoms with Crippen molar-refractivity contribution in [1.82, 2.24) is 4.90 Å². The third-order valence-electron chi connectivity index (χ3n) is 4.48. The minimum absolute atomic E-state index is 0.0533. The highest BCUT2D eigenvalue weighted by Crippen LogP contribution is 2.36. The van der Waals surface area contributed by atoms with Crippen LogP contribution >= 0.6 is 0 Å². The molecule has 0 amide bonds. The molecule has 2 aliphatic carbocycles. The van der Waals surface area contributed by atoms with Crippen molar-refractivity contribution in [3.8, 4) is 0 Å². The highest BCUT2D eigenvalue weighted by Gasteiger charge is 2.40. The summed E-state index contributed by atoms with van der Waals surface area (Å²) in [6.07, 6.45) is 5.03. The van der Waals surface area contributed by atoms with Crippen molar-refractivity contribution in [1.29, 1.82) is 0 Å². The molecule has 0 spiro atoms. The SMILES string of the molecule is CCOC(=O)C1CCC(O)(CN(CCO)C2CC2)CC1. The molecular weight excluding hydrogens is 258 g/mol. The third-order valence-corrected chi connectivity index (χ3v) is 4.48. The van der Waals surface area contributed by atoms with Crippen LogP contribution in [0.3, 0.4) is 0 Å². The number of rotatable bonds is 7. The fourth-order valence-corrected chi connectivity index (χ4v) is 3.15. The fourth-order valence-electron chi connectivity index (χ4n) is 3.15. The second-order valence-corrected chi connectivity index (χ2v) is 6.18. The van der Waals surface area contributed by atoms with E-state index in [1.807, 2.05) is 6.92 Å². The summed E-state index contributed by atoms with van der Waals surface area (Å²) in [6, 6.07) is 0.536. The Morgan fingerprint density at radius 3 is 2.45 bits per heavy atom. The summed E-state index contributed by atoms with van der Waals surface area (Å²) in [5, 5.41) is 19.8. The summed E-state index contributed by atoms with van der Waals surface area (Å²) in [5.74, 6) is -0.175. The number of aliphatic hydroxyl groups is 2. The highest BCUT2D eigenvalue weighted by molar-refractivity contribution is 5.72. The van der Waals surface area contributed by atoms with Gasteiger partial charge in [-0.25, -0.2) is 0 Å². The second kappa shape index (κ2) is 6.87. The number of hydrogen-bond donors (Lipinski definition) is 2. The molecular formula is C15H27NO4. The van der Waals surface area contributed by atoms with Crippen molar-refractivity contribution < 1.29 is 19.7 Å². The Balaban J connectivity index is 1.82. The van der Waals surface area contributed by atoms with Crippen molar-refractivity contribution in [2.45, 2.75) is 57.1 Å². The maximum atomic E-state index is 11.7. The van der Waals surface area contributed by atoms with E-state index in [0.29, 0.717) is 51.4 Å². The average Bonchev–Trinajstić information content (AvgIpc) is 3.23. The molecule has 2 aliphatic rings. The molecule has 2 N–H and O–H groups in total. The van der Waals surface area contributed by atoms with Gasteiger partial charge in [0.05, 0.1) is 24.7 Å². The number of aliphatic hydroxyl groups excluding tert-OH is 1. The number of carbonyl (C=O) groups is 1. The van der Waals surface area contributed by atoms with Gasteiger partial charge in [-0.2, -0.15) is 0 Å². The van der Waals surface area contributed by atoms with Gasteiger partial charge in [-0.1, -0.05) is 0 Å². The molecule has 0 aromatic carbocycles. The minimum Gasteiger partial charge on any atom is -0.466 e. The molecule has 5 nitrogen and oxygen atoms in total. The second-order valence-electron chi connectivity index (χ2n) is 6.18. The van der Waals surface area contributed by atoms with Gasteiger partial charge in [0.2, 0.25) is 0 Å². The molecule has 0 radical (unpaired) electrons. The van der Waals surface area contributed by atoms with Crippen LogP contribution < -0.4 is 0 Å². The van der Waals surface area contributed by atoms with E-state index in [-0.39, 0.29) is 18.5 Å². The van der Waals surface area contributed by atoms with Crippen LogP contribution in [0.15, 0.2) is 0 Å². The molecule has 5 heteroatoms. The highest BCUT2D eigenvalue weighted by atomic mass is 16.5. The molecule has 0 saturated heterocycles. The maximum absolute atomic E-state index is 11.7. The monoisotopic (exact) mass is 285 g/mol. The zero-order valence-corrected chi connectivity index (χ0v) is 12.4. The first-order chi connectivity index (χ1) is 9.58. The van der Waals surface area contributed by atoms with Crippen LogP contribution in [-0.2, 0) is 9.53 Å². The van der Waals surface area contributed by atoms with E-state index in [0.717, 1.165) is 0 Å². The van der Waals surface area contributed by atoms with Gasteiger partial charge in [-0.05, 0) is 45.4 Å². The van der Waals surface area contributed by atoms with E-state index < -0.39 is 5.60 Å². The van der Waals surface area contributed by atoms with Crippen LogP contribution in [0, 0.1) is 5.92 Å². The van der Waals surface area contributed by atoms with Crippen LogP contribution in [0.5, 0.6) is 0 Å². The molecule has 2 fully saturated rings. The van der Waals surface area contributed by atoms with Gasteiger partial charge in [0.1, 0.15) is 0 Å². The number of ether oxygens (including phenoxy) is 1. The lowest BCUT2D eigenvalue weighted by atomic mass is 9.78. The van der Waals surface area contributed by atoms with E-state index in [2.05, 4.69) is 4.90 Å². The summed E-state index contributed by atoms with van der Waals surface area (Å²) in [5.41, 5.74) is -0.708. The van der Waals surface area contributed by atoms with Crippen LogP contribution in [0.4, 0.5) is 0 Å². The Kier molecular flexibility index (Phi) is 5.41. The lowest BCUT2D eigenvalue weighted by molar-refractivity contribution is -0.151. The van der Waals surface area contributed by atoms with Crippen molar-refractivity contribution in [3.63, 3.8) is 0 Å². The lowest BCUT2D eigenvalue weighted by Crippen LogP contribution is -2.47. The first kappa shape index (κ1) is 15.7. The van der Waals surface area contributed by atoms with Crippen molar-refractivity contribution in [2.24, 2.45) is 5.92 Å². The van der Waals surface area contributed by atoms with E-state index in [1.54, 1.807) is 0 Å². The number of hydrogen-bond acceptors (Lipinski definition) is 5. The molecule has 0 aromatic rings. The van der Waals surface area contributed by atoms with E-state index in [1.165, 1.54) is 12.8 Å². The summed E-state index contributed by atoms with van der Waals surface area (Å²) < 4.78 is 5.05. The summed E-state index contributed by atoms with van der Waals surface area (Å²) >= 11 is 0. The molecule has 0 aromatic heterocycles. The average molecular weight is 285 g/mol. The zero-order valence-electron chi connectivity index (χ0n) is 12.4. The first-order valence-corrected chi connectivity index (χ1v) is 7.82. The Morgan fingerprint density at radius 2 is 1.95 bits per heavy atom. The van der Waals surface area contributed by atoms with Crippen LogP contribution in [0.25, 0.3) is 0 Å². The predicted molar refractivity (Wildman–Crippen MR) is 75.2 cm³/mol. The van der Waals surface area contributed by atoms with Gasteiger partial charge in [0.25, 0.3) is 0 Å².